The standard InChI is InChI=1S/C15H24N2O.2H2/c1-4-11(7-8-16-2)14-10-17-15-6-5-12(18-3)9-13(14)15;;/h5-6,9,11,14,16-17H,4,7-8,10H2,1-3H3;2*1H. The normalized spacial score (nSPS) is 19.2. The van der Waals surface area contributed by atoms with Crippen molar-refractivity contribution in [1.82, 2.24) is 5.32 Å². The Kier molecular flexibility index (Phi) is 4.48. The molecule has 0 radical (unpaired) electrons. The highest BCUT2D eigenvalue weighted by Crippen LogP contribution is 2.40. The first-order chi connectivity index (χ1) is 8.80. The average molecular weight is 252 g/mol. The van der Waals surface area contributed by atoms with E-state index in [1.807, 2.05) is 13.1 Å². The van der Waals surface area contributed by atoms with Gasteiger partial charge in [-0.05, 0) is 49.7 Å². The van der Waals surface area contributed by atoms with Gasteiger partial charge in [0.1, 0.15) is 5.75 Å². The molecule has 0 saturated carbocycles. The summed E-state index contributed by atoms with van der Waals surface area (Å²) in [5.41, 5.74) is 2.71. The fraction of sp³-hybridized carbons (Fsp3) is 0.600. The molecule has 2 unspecified atom stereocenters. The van der Waals surface area contributed by atoms with E-state index in [0.717, 1.165) is 24.8 Å². The molecule has 0 saturated heterocycles. The van der Waals surface area contributed by atoms with E-state index < -0.39 is 0 Å². The summed E-state index contributed by atoms with van der Waals surface area (Å²) in [4.78, 5) is 0. The predicted molar refractivity (Wildman–Crippen MR) is 80.8 cm³/mol. The number of hydrogen-bond donors (Lipinski definition) is 2. The van der Waals surface area contributed by atoms with Gasteiger partial charge in [0, 0.05) is 21.0 Å². The molecule has 1 aromatic carbocycles. The zero-order valence-corrected chi connectivity index (χ0v) is 11.6. The van der Waals surface area contributed by atoms with Crippen molar-refractivity contribution in [3.8, 4) is 5.75 Å². The van der Waals surface area contributed by atoms with Crippen LogP contribution in [0.25, 0.3) is 0 Å². The molecule has 0 aliphatic carbocycles. The van der Waals surface area contributed by atoms with E-state index in [2.05, 4.69) is 29.7 Å². The smallest absolute Gasteiger partial charge is 0.119 e. The number of ether oxygens (including phenoxy) is 1. The number of fused-ring (bicyclic) bond motifs is 1. The monoisotopic (exact) mass is 252 g/mol. The number of rotatable bonds is 6. The van der Waals surface area contributed by atoms with E-state index >= 15 is 0 Å². The van der Waals surface area contributed by atoms with Gasteiger partial charge in [-0.15, -0.1) is 0 Å². The molecule has 104 valence electrons. The molecule has 1 aromatic rings. The Hall–Kier alpha value is -1.22. The SMILES string of the molecule is CCC(CCNC)C1CNc2ccc(OC)cc21.[HH].[HH]. The Morgan fingerprint density at radius 2 is 2.39 bits per heavy atom. The van der Waals surface area contributed by atoms with Crippen LogP contribution in [0.2, 0.25) is 0 Å². The molecule has 0 bridgehead atoms. The molecule has 1 aliphatic rings. The lowest BCUT2D eigenvalue weighted by molar-refractivity contribution is 0.392. The number of anilines is 1. The van der Waals surface area contributed by atoms with Crippen molar-refractivity contribution in [3.63, 3.8) is 0 Å². The quantitative estimate of drug-likeness (QED) is 0.814. The molecule has 2 rings (SSSR count). The van der Waals surface area contributed by atoms with Crippen molar-refractivity contribution in [2.24, 2.45) is 5.92 Å². The lowest BCUT2D eigenvalue weighted by Gasteiger charge is -2.22. The second-order valence-electron chi connectivity index (χ2n) is 5.00. The fourth-order valence-electron chi connectivity index (χ4n) is 2.91. The lowest BCUT2D eigenvalue weighted by atomic mass is 9.83. The van der Waals surface area contributed by atoms with Gasteiger partial charge in [0.15, 0.2) is 0 Å². The van der Waals surface area contributed by atoms with Crippen LogP contribution in [-0.2, 0) is 0 Å². The Bertz CT molecular complexity index is 401. The maximum Gasteiger partial charge on any atom is 0.119 e. The van der Waals surface area contributed by atoms with Crippen molar-refractivity contribution in [2.45, 2.75) is 25.7 Å². The Morgan fingerprint density at radius 3 is 3.06 bits per heavy atom. The number of benzene rings is 1. The summed E-state index contributed by atoms with van der Waals surface area (Å²) in [6.45, 7) is 4.44. The summed E-state index contributed by atoms with van der Waals surface area (Å²) in [5.74, 6) is 2.32. The average Bonchev–Trinajstić information content (AvgIpc) is 2.83. The molecule has 1 aliphatic heterocycles. The van der Waals surface area contributed by atoms with Crippen LogP contribution in [0, 0.1) is 5.92 Å². The lowest BCUT2D eigenvalue weighted by Crippen LogP contribution is -2.19. The van der Waals surface area contributed by atoms with Crippen LogP contribution in [0.1, 0.15) is 34.1 Å². The van der Waals surface area contributed by atoms with E-state index in [1.165, 1.54) is 24.1 Å². The van der Waals surface area contributed by atoms with Gasteiger partial charge >= 0.3 is 0 Å². The molecule has 3 nitrogen and oxygen atoms in total. The second kappa shape index (κ2) is 6.10. The largest absolute Gasteiger partial charge is 0.497 e. The zero-order valence-electron chi connectivity index (χ0n) is 11.6. The van der Waals surface area contributed by atoms with Gasteiger partial charge in [-0.2, -0.15) is 0 Å². The van der Waals surface area contributed by atoms with Crippen molar-refractivity contribution >= 4 is 5.69 Å². The van der Waals surface area contributed by atoms with Crippen molar-refractivity contribution in [1.29, 1.82) is 0 Å². The van der Waals surface area contributed by atoms with Gasteiger partial charge in [-0.1, -0.05) is 13.3 Å². The van der Waals surface area contributed by atoms with Crippen molar-refractivity contribution < 1.29 is 7.59 Å². The van der Waals surface area contributed by atoms with E-state index in [0.29, 0.717) is 5.92 Å². The third-order valence-corrected chi connectivity index (χ3v) is 4.03. The van der Waals surface area contributed by atoms with E-state index in [1.54, 1.807) is 7.11 Å². The minimum atomic E-state index is 0. The summed E-state index contributed by atoms with van der Waals surface area (Å²) in [6.07, 6.45) is 2.46. The van der Waals surface area contributed by atoms with Crippen LogP contribution in [-0.4, -0.2) is 27.2 Å². The summed E-state index contributed by atoms with van der Waals surface area (Å²) in [6, 6.07) is 6.36. The third kappa shape index (κ3) is 2.61. The highest BCUT2D eigenvalue weighted by Gasteiger charge is 2.28. The third-order valence-electron chi connectivity index (χ3n) is 4.03. The zero-order chi connectivity index (χ0) is 13.0. The molecule has 3 heteroatoms. The van der Waals surface area contributed by atoms with Crippen molar-refractivity contribution in [2.75, 3.05) is 32.6 Å². The van der Waals surface area contributed by atoms with Gasteiger partial charge in [0.25, 0.3) is 0 Å². The second-order valence-corrected chi connectivity index (χ2v) is 5.00. The molecule has 0 spiro atoms. The molecule has 18 heavy (non-hydrogen) atoms. The summed E-state index contributed by atoms with van der Waals surface area (Å²) >= 11 is 0. The van der Waals surface area contributed by atoms with E-state index in [-0.39, 0.29) is 2.85 Å². The number of hydrogen-bond acceptors (Lipinski definition) is 3. The van der Waals surface area contributed by atoms with Gasteiger partial charge in [0.2, 0.25) is 0 Å². The molecular formula is C15H28N2O. The Labute approximate surface area is 113 Å². The number of methoxy groups -OCH3 is 1. The van der Waals surface area contributed by atoms with Crippen LogP contribution in [0.3, 0.4) is 0 Å². The van der Waals surface area contributed by atoms with Crippen LogP contribution >= 0.6 is 0 Å². The first-order valence-electron chi connectivity index (χ1n) is 6.86. The van der Waals surface area contributed by atoms with Crippen LogP contribution in [0.15, 0.2) is 18.2 Å². The maximum atomic E-state index is 5.34. The van der Waals surface area contributed by atoms with Crippen molar-refractivity contribution in [3.05, 3.63) is 23.8 Å². The van der Waals surface area contributed by atoms with Crippen LogP contribution in [0.4, 0.5) is 5.69 Å². The van der Waals surface area contributed by atoms with E-state index in [4.69, 9.17) is 4.74 Å². The number of nitrogens with one attached hydrogen (secondary N) is 2. The highest BCUT2D eigenvalue weighted by molar-refractivity contribution is 5.60. The minimum Gasteiger partial charge on any atom is -0.497 e. The maximum absolute atomic E-state index is 5.34. The van der Waals surface area contributed by atoms with Gasteiger partial charge in [-0.25, -0.2) is 0 Å². The van der Waals surface area contributed by atoms with Gasteiger partial charge in [0.05, 0.1) is 7.11 Å². The topological polar surface area (TPSA) is 33.3 Å². The Balaban J connectivity index is 0.00000180. The minimum absolute atomic E-state index is 0. The van der Waals surface area contributed by atoms with E-state index in [9.17, 15) is 0 Å². The van der Waals surface area contributed by atoms with Gasteiger partial charge in [-0.3, -0.25) is 0 Å². The molecule has 0 aromatic heterocycles. The van der Waals surface area contributed by atoms with Gasteiger partial charge < -0.3 is 15.4 Å². The van der Waals surface area contributed by atoms with Crippen LogP contribution in [0.5, 0.6) is 5.75 Å². The summed E-state index contributed by atoms with van der Waals surface area (Å²) < 4.78 is 5.34. The molecule has 0 amide bonds. The van der Waals surface area contributed by atoms with Crippen LogP contribution < -0.4 is 15.4 Å². The fourth-order valence-corrected chi connectivity index (χ4v) is 2.91. The first kappa shape index (κ1) is 13.2. The molecule has 1 heterocycles. The molecular weight excluding hydrogens is 224 g/mol. The Morgan fingerprint density at radius 1 is 1.56 bits per heavy atom. The summed E-state index contributed by atoms with van der Waals surface area (Å²) in [5, 5.41) is 6.77. The molecule has 0 fully saturated rings. The summed E-state index contributed by atoms with van der Waals surface area (Å²) in [7, 11) is 3.76. The predicted octanol–water partition coefficient (Wildman–Crippen LogP) is 3.33. The molecule has 2 N–H and O–H groups in total. The first-order valence-corrected chi connectivity index (χ1v) is 6.86. The highest BCUT2D eigenvalue weighted by atomic mass is 16.5. The molecule has 2 atom stereocenters.